The lowest BCUT2D eigenvalue weighted by atomic mass is 10.0. The number of ether oxygens (including phenoxy) is 1. The Kier molecular flexibility index (Phi) is 7.05. The van der Waals surface area contributed by atoms with Gasteiger partial charge in [0.1, 0.15) is 0 Å². The summed E-state index contributed by atoms with van der Waals surface area (Å²) in [4.78, 5) is 28.5. The Morgan fingerprint density at radius 2 is 1.44 bits per heavy atom. The largest absolute Gasteiger partial charge is 0.456 e. The summed E-state index contributed by atoms with van der Waals surface area (Å²) in [7, 11) is 0. The molecule has 0 radical (unpaired) electrons. The number of aromatic nitrogens is 1. The third-order valence-electron chi connectivity index (χ3n) is 4.86. The third kappa shape index (κ3) is 5.89. The Balaban J connectivity index is 1.26. The summed E-state index contributed by atoms with van der Waals surface area (Å²) in [5.74, 6) is -0.805. The van der Waals surface area contributed by atoms with Gasteiger partial charge in [-0.05, 0) is 23.1 Å². The molecule has 0 spiro atoms. The molecule has 5 nitrogen and oxygen atoms in total. The molecule has 160 valence electrons. The number of anilines is 1. The fourth-order valence-corrected chi connectivity index (χ4v) is 3.93. The number of amides is 1. The van der Waals surface area contributed by atoms with Crippen LogP contribution in [-0.4, -0.2) is 23.5 Å². The first kappa shape index (κ1) is 21.5. The number of carbonyl (C=O) groups is 2. The Hall–Kier alpha value is -3.77. The number of nitrogens with one attached hydrogen (secondary N) is 1. The van der Waals surface area contributed by atoms with E-state index in [4.69, 9.17) is 4.74 Å². The smallest absolute Gasteiger partial charge is 0.306 e. The number of nitrogens with zero attached hydrogens (tertiary/aromatic N) is 1. The number of hydrogen-bond donors (Lipinski definition) is 1. The van der Waals surface area contributed by atoms with E-state index in [1.807, 2.05) is 66.0 Å². The highest BCUT2D eigenvalue weighted by Crippen LogP contribution is 2.27. The van der Waals surface area contributed by atoms with E-state index in [2.05, 4.69) is 34.6 Å². The summed E-state index contributed by atoms with van der Waals surface area (Å²) in [5.41, 5.74) is 5.09. The fraction of sp³-hybridized carbons (Fsp3) is 0.115. The normalized spacial score (nSPS) is 10.5. The molecule has 0 aliphatic heterocycles. The van der Waals surface area contributed by atoms with Gasteiger partial charge in [0.25, 0.3) is 5.91 Å². The molecule has 1 N–H and O–H groups in total. The lowest BCUT2D eigenvalue weighted by Gasteiger charge is -2.05. The SMILES string of the molecule is O=C(COC(=O)CCc1ccccc1)Nc1nc(-c2ccc(-c3ccccc3)cc2)cs1. The molecule has 6 heteroatoms. The molecule has 1 heterocycles. The van der Waals surface area contributed by atoms with E-state index in [1.54, 1.807) is 0 Å². The van der Waals surface area contributed by atoms with E-state index >= 15 is 0 Å². The number of rotatable bonds is 8. The summed E-state index contributed by atoms with van der Waals surface area (Å²) in [6.45, 7) is -0.325. The molecule has 1 aromatic heterocycles. The van der Waals surface area contributed by atoms with Crippen LogP contribution in [0.15, 0.2) is 90.3 Å². The first-order valence-electron chi connectivity index (χ1n) is 10.3. The first-order valence-corrected chi connectivity index (χ1v) is 11.2. The summed E-state index contributed by atoms with van der Waals surface area (Å²) in [6.07, 6.45) is 0.817. The van der Waals surface area contributed by atoms with Crippen LogP contribution in [0, 0.1) is 0 Å². The van der Waals surface area contributed by atoms with Crippen LogP contribution in [-0.2, 0) is 20.7 Å². The average Bonchev–Trinajstić information content (AvgIpc) is 3.31. The molecular weight excluding hydrogens is 420 g/mol. The standard InChI is InChI=1S/C26H22N2O3S/c29-24(17-31-25(30)16-11-19-7-3-1-4-8-19)28-26-27-23(18-32-26)22-14-12-21(13-15-22)20-9-5-2-6-10-20/h1-10,12-15,18H,11,16-17H2,(H,27,28,29). The van der Waals surface area contributed by atoms with E-state index in [-0.39, 0.29) is 13.0 Å². The molecule has 3 aromatic carbocycles. The van der Waals surface area contributed by atoms with Crippen LogP contribution in [0.1, 0.15) is 12.0 Å². The monoisotopic (exact) mass is 442 g/mol. The molecule has 0 bridgehead atoms. The lowest BCUT2D eigenvalue weighted by molar-refractivity contribution is -0.147. The van der Waals surface area contributed by atoms with Crippen molar-refractivity contribution in [2.24, 2.45) is 0 Å². The van der Waals surface area contributed by atoms with Crippen molar-refractivity contribution in [3.05, 3.63) is 95.9 Å². The zero-order valence-corrected chi connectivity index (χ0v) is 18.2. The van der Waals surface area contributed by atoms with Gasteiger partial charge in [-0.2, -0.15) is 0 Å². The number of esters is 1. The Morgan fingerprint density at radius 3 is 2.16 bits per heavy atom. The second kappa shape index (κ2) is 10.5. The van der Waals surface area contributed by atoms with Crippen LogP contribution in [0.4, 0.5) is 5.13 Å². The molecular formula is C26H22N2O3S. The summed E-state index contributed by atoms with van der Waals surface area (Å²) >= 11 is 1.33. The minimum Gasteiger partial charge on any atom is -0.456 e. The number of hydrogen-bond acceptors (Lipinski definition) is 5. The second-order valence-corrected chi connectivity index (χ2v) is 8.03. The van der Waals surface area contributed by atoms with Gasteiger partial charge in [-0.1, -0.05) is 84.9 Å². The van der Waals surface area contributed by atoms with Crippen molar-refractivity contribution < 1.29 is 14.3 Å². The number of carbonyl (C=O) groups excluding carboxylic acids is 2. The summed E-state index contributed by atoms with van der Waals surface area (Å²) < 4.78 is 5.07. The van der Waals surface area contributed by atoms with Crippen LogP contribution in [0.25, 0.3) is 22.4 Å². The van der Waals surface area contributed by atoms with Crippen molar-refractivity contribution in [2.45, 2.75) is 12.8 Å². The molecule has 0 fully saturated rings. The molecule has 1 amide bonds. The van der Waals surface area contributed by atoms with Gasteiger partial charge in [-0.15, -0.1) is 11.3 Å². The Bertz CT molecular complexity index is 1170. The van der Waals surface area contributed by atoms with Crippen molar-refractivity contribution in [3.63, 3.8) is 0 Å². The maximum Gasteiger partial charge on any atom is 0.306 e. The van der Waals surface area contributed by atoms with E-state index in [0.717, 1.165) is 27.9 Å². The van der Waals surface area contributed by atoms with Crippen LogP contribution in [0.2, 0.25) is 0 Å². The summed E-state index contributed by atoms with van der Waals surface area (Å²) in [5, 5.41) is 5.05. The van der Waals surface area contributed by atoms with Gasteiger partial charge in [0.2, 0.25) is 0 Å². The number of aryl methyl sites for hydroxylation is 1. The molecule has 0 aliphatic rings. The van der Waals surface area contributed by atoms with E-state index in [0.29, 0.717) is 11.6 Å². The van der Waals surface area contributed by atoms with Crippen LogP contribution < -0.4 is 5.32 Å². The van der Waals surface area contributed by atoms with E-state index in [9.17, 15) is 9.59 Å². The molecule has 0 saturated heterocycles. The van der Waals surface area contributed by atoms with Crippen molar-refractivity contribution in [3.8, 4) is 22.4 Å². The van der Waals surface area contributed by atoms with Crippen molar-refractivity contribution in [1.82, 2.24) is 4.98 Å². The topological polar surface area (TPSA) is 68.3 Å². The van der Waals surface area contributed by atoms with Gasteiger partial charge in [0, 0.05) is 17.4 Å². The van der Waals surface area contributed by atoms with E-state index in [1.165, 1.54) is 11.3 Å². The van der Waals surface area contributed by atoms with Gasteiger partial charge >= 0.3 is 5.97 Å². The van der Waals surface area contributed by atoms with Crippen molar-refractivity contribution in [1.29, 1.82) is 0 Å². The maximum atomic E-state index is 12.1. The number of benzene rings is 3. The molecule has 0 unspecified atom stereocenters. The predicted octanol–water partition coefficient (Wildman–Crippen LogP) is 5.59. The maximum absolute atomic E-state index is 12.1. The molecule has 4 rings (SSSR count). The molecule has 4 aromatic rings. The van der Waals surface area contributed by atoms with Gasteiger partial charge in [-0.3, -0.25) is 14.9 Å². The first-order chi connectivity index (χ1) is 15.7. The zero-order valence-electron chi connectivity index (χ0n) is 17.4. The predicted molar refractivity (Wildman–Crippen MR) is 127 cm³/mol. The molecule has 0 aliphatic carbocycles. The van der Waals surface area contributed by atoms with E-state index < -0.39 is 11.9 Å². The van der Waals surface area contributed by atoms with Gasteiger partial charge in [0.15, 0.2) is 11.7 Å². The van der Waals surface area contributed by atoms with Crippen molar-refractivity contribution >= 4 is 28.3 Å². The Labute approximate surface area is 190 Å². The number of thiazole rings is 1. The average molecular weight is 443 g/mol. The van der Waals surface area contributed by atoms with Crippen LogP contribution >= 0.6 is 11.3 Å². The van der Waals surface area contributed by atoms with Crippen molar-refractivity contribution in [2.75, 3.05) is 11.9 Å². The molecule has 0 atom stereocenters. The molecule has 0 saturated carbocycles. The molecule has 32 heavy (non-hydrogen) atoms. The fourth-order valence-electron chi connectivity index (χ4n) is 3.19. The highest BCUT2D eigenvalue weighted by Gasteiger charge is 2.11. The van der Waals surface area contributed by atoms with Crippen LogP contribution in [0.3, 0.4) is 0 Å². The lowest BCUT2D eigenvalue weighted by Crippen LogP contribution is -2.21. The quantitative estimate of drug-likeness (QED) is 0.361. The minimum absolute atomic E-state index is 0.234. The third-order valence-corrected chi connectivity index (χ3v) is 5.62. The summed E-state index contributed by atoms with van der Waals surface area (Å²) in [6, 6.07) is 28.0. The van der Waals surface area contributed by atoms with Gasteiger partial charge < -0.3 is 4.74 Å². The second-order valence-electron chi connectivity index (χ2n) is 7.18. The highest BCUT2D eigenvalue weighted by molar-refractivity contribution is 7.14. The zero-order chi connectivity index (χ0) is 22.2. The minimum atomic E-state index is -0.404. The van der Waals surface area contributed by atoms with Gasteiger partial charge in [-0.25, -0.2) is 4.98 Å². The highest BCUT2D eigenvalue weighted by atomic mass is 32.1. The van der Waals surface area contributed by atoms with Crippen LogP contribution in [0.5, 0.6) is 0 Å². The van der Waals surface area contributed by atoms with Gasteiger partial charge in [0.05, 0.1) is 5.69 Å². The Morgan fingerprint density at radius 1 is 0.812 bits per heavy atom.